The average molecular weight is 419 g/mol. The summed E-state index contributed by atoms with van der Waals surface area (Å²) < 4.78 is 5.79. The average Bonchev–Trinajstić information content (AvgIpc) is 2.72. The number of hydrogen-bond acceptors (Lipinski definition) is 3. The van der Waals surface area contributed by atoms with Gasteiger partial charge in [0.15, 0.2) is 0 Å². The SMILES string of the molecule is CCCCCCCC(CCCCCCCC(C)C)OC(=O)c1ccccc1C(=O)O. The minimum atomic E-state index is -1.10. The van der Waals surface area contributed by atoms with Gasteiger partial charge in [-0.2, -0.15) is 0 Å². The van der Waals surface area contributed by atoms with Crippen molar-refractivity contribution in [2.75, 3.05) is 0 Å². The summed E-state index contributed by atoms with van der Waals surface area (Å²) in [6.45, 7) is 6.73. The summed E-state index contributed by atoms with van der Waals surface area (Å²) in [5.74, 6) is -0.835. The molecule has 4 heteroatoms. The van der Waals surface area contributed by atoms with Crippen molar-refractivity contribution in [3.63, 3.8) is 0 Å². The number of rotatable bonds is 17. The monoisotopic (exact) mass is 418 g/mol. The van der Waals surface area contributed by atoms with Gasteiger partial charge in [0.1, 0.15) is 6.10 Å². The van der Waals surface area contributed by atoms with Crippen molar-refractivity contribution in [3.05, 3.63) is 35.4 Å². The summed E-state index contributed by atoms with van der Waals surface area (Å²) in [5.41, 5.74) is 0.156. The molecule has 0 bridgehead atoms. The van der Waals surface area contributed by atoms with E-state index in [2.05, 4.69) is 20.8 Å². The van der Waals surface area contributed by atoms with Gasteiger partial charge >= 0.3 is 11.9 Å². The Labute approximate surface area is 183 Å². The second-order valence-corrected chi connectivity index (χ2v) is 8.82. The Kier molecular flexibility index (Phi) is 13.9. The van der Waals surface area contributed by atoms with E-state index in [1.807, 2.05) is 0 Å². The molecule has 4 nitrogen and oxygen atoms in total. The Morgan fingerprint density at radius 2 is 1.30 bits per heavy atom. The molecule has 30 heavy (non-hydrogen) atoms. The topological polar surface area (TPSA) is 63.6 Å². The van der Waals surface area contributed by atoms with Gasteiger partial charge in [-0.05, 0) is 43.7 Å². The van der Waals surface area contributed by atoms with Crippen LogP contribution in [0.15, 0.2) is 24.3 Å². The van der Waals surface area contributed by atoms with Crippen LogP contribution in [0.1, 0.15) is 125 Å². The van der Waals surface area contributed by atoms with Crippen molar-refractivity contribution in [1.29, 1.82) is 0 Å². The number of unbranched alkanes of at least 4 members (excludes halogenated alkanes) is 8. The maximum absolute atomic E-state index is 12.7. The zero-order valence-electron chi connectivity index (χ0n) is 19.3. The molecule has 0 saturated carbocycles. The molecule has 1 unspecified atom stereocenters. The summed E-state index contributed by atoms with van der Waals surface area (Å²) >= 11 is 0. The van der Waals surface area contributed by atoms with Crippen LogP contribution in [-0.2, 0) is 4.74 Å². The molecule has 170 valence electrons. The summed E-state index contributed by atoms with van der Waals surface area (Å²) in [7, 11) is 0. The van der Waals surface area contributed by atoms with Crippen LogP contribution >= 0.6 is 0 Å². The van der Waals surface area contributed by atoms with E-state index in [1.54, 1.807) is 18.2 Å². The van der Waals surface area contributed by atoms with E-state index in [0.717, 1.165) is 44.4 Å². The van der Waals surface area contributed by atoms with E-state index in [1.165, 1.54) is 51.0 Å². The Hall–Kier alpha value is -1.84. The molecule has 0 aliphatic heterocycles. The van der Waals surface area contributed by atoms with Crippen LogP contribution in [0, 0.1) is 5.92 Å². The third-order valence-electron chi connectivity index (χ3n) is 5.59. The lowest BCUT2D eigenvalue weighted by Gasteiger charge is -2.19. The van der Waals surface area contributed by atoms with E-state index in [9.17, 15) is 14.7 Å². The number of hydrogen-bond donors (Lipinski definition) is 1. The van der Waals surface area contributed by atoms with E-state index in [-0.39, 0.29) is 17.2 Å². The van der Waals surface area contributed by atoms with Crippen LogP contribution in [-0.4, -0.2) is 23.1 Å². The first-order chi connectivity index (χ1) is 14.5. The lowest BCUT2D eigenvalue weighted by atomic mass is 10.0. The van der Waals surface area contributed by atoms with Gasteiger partial charge in [-0.15, -0.1) is 0 Å². The standard InChI is InChI=1S/C26H42O4/c1-4-5-6-8-12-17-22(18-13-10-7-9-11-16-21(2)3)30-26(29)24-20-15-14-19-23(24)25(27)28/h14-15,19-22H,4-13,16-18H2,1-3H3,(H,27,28). The Balaban J connectivity index is 2.54. The van der Waals surface area contributed by atoms with Gasteiger partial charge in [0.05, 0.1) is 11.1 Å². The second kappa shape index (κ2) is 15.9. The molecule has 0 amide bonds. The summed E-state index contributed by atoms with van der Waals surface area (Å²) in [6.07, 6.45) is 14.8. The fourth-order valence-corrected chi connectivity index (χ4v) is 3.76. The van der Waals surface area contributed by atoms with Crippen molar-refractivity contribution < 1.29 is 19.4 Å². The molecule has 1 rings (SSSR count). The van der Waals surface area contributed by atoms with E-state index in [0.29, 0.717) is 0 Å². The van der Waals surface area contributed by atoms with Crippen LogP contribution in [0.2, 0.25) is 0 Å². The Morgan fingerprint density at radius 3 is 1.83 bits per heavy atom. The maximum atomic E-state index is 12.7. The van der Waals surface area contributed by atoms with Crippen LogP contribution < -0.4 is 0 Å². The van der Waals surface area contributed by atoms with E-state index < -0.39 is 11.9 Å². The summed E-state index contributed by atoms with van der Waals surface area (Å²) in [6, 6.07) is 6.30. The van der Waals surface area contributed by atoms with E-state index in [4.69, 9.17) is 4.74 Å². The van der Waals surface area contributed by atoms with Gasteiger partial charge in [-0.3, -0.25) is 0 Å². The fraction of sp³-hybridized carbons (Fsp3) is 0.692. The minimum absolute atomic E-state index is 0.00866. The van der Waals surface area contributed by atoms with Crippen molar-refractivity contribution in [3.8, 4) is 0 Å². The van der Waals surface area contributed by atoms with Gasteiger partial charge in [-0.25, -0.2) is 9.59 Å². The Bertz CT molecular complexity index is 609. The highest BCUT2D eigenvalue weighted by Gasteiger charge is 2.20. The molecule has 1 N–H and O–H groups in total. The third kappa shape index (κ3) is 11.4. The lowest BCUT2D eigenvalue weighted by molar-refractivity contribution is 0.0244. The summed E-state index contributed by atoms with van der Waals surface area (Å²) in [5, 5.41) is 9.34. The molecule has 0 radical (unpaired) electrons. The predicted molar refractivity (Wildman–Crippen MR) is 123 cm³/mol. The first kappa shape index (κ1) is 26.2. The largest absolute Gasteiger partial charge is 0.478 e. The van der Waals surface area contributed by atoms with E-state index >= 15 is 0 Å². The molecular weight excluding hydrogens is 376 g/mol. The number of benzene rings is 1. The van der Waals surface area contributed by atoms with Crippen LogP contribution in [0.25, 0.3) is 0 Å². The van der Waals surface area contributed by atoms with Crippen molar-refractivity contribution >= 4 is 11.9 Å². The molecule has 0 fully saturated rings. The number of carboxylic acid groups (broad SMARTS) is 1. The van der Waals surface area contributed by atoms with Crippen molar-refractivity contribution in [1.82, 2.24) is 0 Å². The van der Waals surface area contributed by atoms with Gasteiger partial charge in [0.2, 0.25) is 0 Å². The fourth-order valence-electron chi connectivity index (χ4n) is 3.76. The maximum Gasteiger partial charge on any atom is 0.339 e. The zero-order valence-corrected chi connectivity index (χ0v) is 19.3. The number of esters is 1. The normalized spacial score (nSPS) is 12.1. The van der Waals surface area contributed by atoms with Gasteiger partial charge in [0, 0.05) is 0 Å². The zero-order chi connectivity index (χ0) is 22.2. The van der Waals surface area contributed by atoms with Crippen LogP contribution in [0.3, 0.4) is 0 Å². The quantitative estimate of drug-likeness (QED) is 0.208. The molecule has 1 atom stereocenters. The number of aromatic carboxylic acids is 1. The van der Waals surface area contributed by atoms with Crippen molar-refractivity contribution in [2.24, 2.45) is 5.92 Å². The minimum Gasteiger partial charge on any atom is -0.478 e. The lowest BCUT2D eigenvalue weighted by Crippen LogP contribution is -2.20. The number of carboxylic acids is 1. The number of carbonyl (C=O) groups is 2. The van der Waals surface area contributed by atoms with Gasteiger partial charge in [0.25, 0.3) is 0 Å². The molecule has 1 aromatic rings. The highest BCUT2D eigenvalue weighted by molar-refractivity contribution is 6.02. The van der Waals surface area contributed by atoms with Crippen molar-refractivity contribution in [2.45, 2.75) is 110 Å². The number of ether oxygens (including phenoxy) is 1. The highest BCUT2D eigenvalue weighted by atomic mass is 16.5. The smallest absolute Gasteiger partial charge is 0.339 e. The van der Waals surface area contributed by atoms with Gasteiger partial charge < -0.3 is 9.84 Å². The Morgan fingerprint density at radius 1 is 0.800 bits per heavy atom. The molecule has 0 heterocycles. The molecule has 1 aromatic carbocycles. The molecular formula is C26H42O4. The summed E-state index contributed by atoms with van der Waals surface area (Å²) in [4.78, 5) is 24.1. The molecule has 0 aliphatic rings. The molecule has 0 aliphatic carbocycles. The molecule has 0 aromatic heterocycles. The molecule has 0 spiro atoms. The highest BCUT2D eigenvalue weighted by Crippen LogP contribution is 2.20. The molecule has 0 saturated heterocycles. The third-order valence-corrected chi connectivity index (χ3v) is 5.59. The number of carbonyl (C=O) groups excluding carboxylic acids is 1. The predicted octanol–water partition coefficient (Wildman–Crippen LogP) is 7.66. The van der Waals surface area contributed by atoms with Crippen LogP contribution in [0.4, 0.5) is 0 Å². The van der Waals surface area contributed by atoms with Crippen LogP contribution in [0.5, 0.6) is 0 Å². The first-order valence-electron chi connectivity index (χ1n) is 12.0. The first-order valence-corrected chi connectivity index (χ1v) is 12.0. The van der Waals surface area contributed by atoms with Gasteiger partial charge in [-0.1, -0.05) is 90.7 Å². The second-order valence-electron chi connectivity index (χ2n) is 8.82.